The van der Waals surface area contributed by atoms with Crippen molar-refractivity contribution in [2.24, 2.45) is 0 Å². The van der Waals surface area contributed by atoms with Crippen molar-refractivity contribution in [1.82, 2.24) is 0 Å². The molecule has 0 N–H and O–H groups in total. The molecule has 3 rings (SSSR count). The van der Waals surface area contributed by atoms with Gasteiger partial charge in [0.25, 0.3) is 0 Å². The summed E-state index contributed by atoms with van der Waals surface area (Å²) < 4.78 is 12.2. The third-order valence-electron chi connectivity index (χ3n) is 5.83. The van der Waals surface area contributed by atoms with Crippen LogP contribution in [0.1, 0.15) is 61.2 Å². The van der Waals surface area contributed by atoms with Gasteiger partial charge in [-0.1, -0.05) is 48.0 Å². The lowest BCUT2D eigenvalue weighted by atomic mass is 9.78. The van der Waals surface area contributed by atoms with Gasteiger partial charge in [0.05, 0.1) is 11.2 Å². The van der Waals surface area contributed by atoms with E-state index in [9.17, 15) is 4.79 Å². The Morgan fingerprint density at radius 3 is 2.07 bits per heavy atom. The molecule has 0 saturated carbocycles. The standard InChI is InChI=1S/C23H29BO3/c1-16-7-13-20(17(2)15-16)21(25)14-10-18-8-11-19(12-9-18)24-26-22(3,4)23(5,6)27-24/h7-9,11-13,15H,10,14H2,1-6H3. The van der Waals surface area contributed by atoms with Gasteiger partial charge in [0.2, 0.25) is 0 Å². The summed E-state index contributed by atoms with van der Waals surface area (Å²) >= 11 is 0. The zero-order valence-electron chi connectivity index (χ0n) is 17.3. The Morgan fingerprint density at radius 1 is 0.926 bits per heavy atom. The van der Waals surface area contributed by atoms with Crippen LogP contribution < -0.4 is 5.46 Å². The summed E-state index contributed by atoms with van der Waals surface area (Å²) in [5, 5.41) is 0. The molecule has 0 unspecified atom stereocenters. The number of Topliss-reactive ketones (excluding diaryl/α,β-unsaturated/α-hetero) is 1. The number of hydrogen-bond acceptors (Lipinski definition) is 3. The first kappa shape index (κ1) is 19.8. The first-order valence-corrected chi connectivity index (χ1v) is 9.64. The number of rotatable bonds is 5. The van der Waals surface area contributed by atoms with Crippen molar-refractivity contribution in [3.63, 3.8) is 0 Å². The first-order valence-electron chi connectivity index (χ1n) is 9.64. The normalized spacial score (nSPS) is 17.9. The Hall–Kier alpha value is -1.91. The molecule has 0 radical (unpaired) electrons. The molecule has 0 aromatic heterocycles. The summed E-state index contributed by atoms with van der Waals surface area (Å²) in [4.78, 5) is 12.5. The number of benzene rings is 2. The average molecular weight is 364 g/mol. The van der Waals surface area contributed by atoms with Crippen LogP contribution in [-0.4, -0.2) is 24.1 Å². The summed E-state index contributed by atoms with van der Waals surface area (Å²) in [6.45, 7) is 12.3. The number of ketones is 1. The highest BCUT2D eigenvalue weighted by atomic mass is 16.7. The molecule has 1 fully saturated rings. The van der Waals surface area contributed by atoms with E-state index in [1.54, 1.807) is 0 Å². The third-order valence-corrected chi connectivity index (χ3v) is 5.83. The van der Waals surface area contributed by atoms with Crippen LogP contribution in [0.4, 0.5) is 0 Å². The van der Waals surface area contributed by atoms with Gasteiger partial charge >= 0.3 is 7.12 Å². The molecular formula is C23H29BO3. The second kappa shape index (κ2) is 7.25. The van der Waals surface area contributed by atoms with E-state index in [-0.39, 0.29) is 24.1 Å². The van der Waals surface area contributed by atoms with Crippen LogP contribution in [0.3, 0.4) is 0 Å². The molecule has 2 aromatic rings. The molecule has 27 heavy (non-hydrogen) atoms. The molecule has 0 bridgehead atoms. The highest BCUT2D eigenvalue weighted by Crippen LogP contribution is 2.36. The predicted octanol–water partition coefficient (Wildman–Crippen LogP) is 4.42. The molecule has 1 aliphatic rings. The van der Waals surface area contributed by atoms with Gasteiger partial charge in [0.15, 0.2) is 5.78 Å². The van der Waals surface area contributed by atoms with Gasteiger partial charge in [-0.2, -0.15) is 0 Å². The lowest BCUT2D eigenvalue weighted by Gasteiger charge is -2.32. The smallest absolute Gasteiger partial charge is 0.399 e. The van der Waals surface area contributed by atoms with E-state index in [1.165, 1.54) is 5.56 Å². The van der Waals surface area contributed by atoms with E-state index in [4.69, 9.17) is 9.31 Å². The summed E-state index contributed by atoms with van der Waals surface area (Å²) in [7, 11) is -0.346. The quantitative estimate of drug-likeness (QED) is 0.582. The van der Waals surface area contributed by atoms with Crippen molar-refractivity contribution in [2.45, 2.75) is 65.6 Å². The maximum atomic E-state index is 12.5. The highest BCUT2D eigenvalue weighted by Gasteiger charge is 2.51. The lowest BCUT2D eigenvalue weighted by molar-refractivity contribution is 0.00578. The Morgan fingerprint density at radius 2 is 1.52 bits per heavy atom. The van der Waals surface area contributed by atoms with E-state index in [0.29, 0.717) is 6.42 Å². The second-order valence-electron chi connectivity index (χ2n) is 8.57. The minimum absolute atomic E-state index is 0.197. The molecule has 3 nitrogen and oxygen atoms in total. The molecule has 0 aliphatic carbocycles. The number of aryl methyl sites for hydroxylation is 3. The van der Waals surface area contributed by atoms with Crippen molar-refractivity contribution in [1.29, 1.82) is 0 Å². The predicted molar refractivity (Wildman–Crippen MR) is 111 cm³/mol. The Balaban J connectivity index is 1.62. The molecule has 0 amide bonds. The van der Waals surface area contributed by atoms with Gasteiger partial charge in [0, 0.05) is 12.0 Å². The molecule has 1 saturated heterocycles. The van der Waals surface area contributed by atoms with Crippen molar-refractivity contribution < 1.29 is 14.1 Å². The van der Waals surface area contributed by atoms with Gasteiger partial charge in [0.1, 0.15) is 0 Å². The van der Waals surface area contributed by atoms with Crippen LogP contribution in [0.2, 0.25) is 0 Å². The molecule has 0 atom stereocenters. The van der Waals surface area contributed by atoms with E-state index in [0.717, 1.165) is 28.6 Å². The molecule has 1 heterocycles. The fourth-order valence-corrected chi connectivity index (χ4v) is 3.34. The molecule has 0 spiro atoms. The van der Waals surface area contributed by atoms with Crippen LogP contribution in [0, 0.1) is 13.8 Å². The van der Waals surface area contributed by atoms with Gasteiger partial charge in [-0.25, -0.2) is 0 Å². The average Bonchev–Trinajstić information content (AvgIpc) is 2.81. The van der Waals surface area contributed by atoms with Gasteiger partial charge in [-0.15, -0.1) is 0 Å². The summed E-state index contributed by atoms with van der Waals surface area (Å²) in [5.74, 6) is 0.197. The molecule has 2 aromatic carbocycles. The van der Waals surface area contributed by atoms with Crippen LogP contribution >= 0.6 is 0 Å². The zero-order chi connectivity index (χ0) is 19.8. The lowest BCUT2D eigenvalue weighted by Crippen LogP contribution is -2.41. The van der Waals surface area contributed by atoms with Gasteiger partial charge in [-0.05, 0) is 64.6 Å². The fourth-order valence-electron chi connectivity index (χ4n) is 3.34. The van der Waals surface area contributed by atoms with Crippen molar-refractivity contribution in [3.8, 4) is 0 Å². The van der Waals surface area contributed by atoms with Crippen LogP contribution in [-0.2, 0) is 15.7 Å². The van der Waals surface area contributed by atoms with Crippen molar-refractivity contribution >= 4 is 18.4 Å². The van der Waals surface area contributed by atoms with Crippen molar-refractivity contribution in [2.75, 3.05) is 0 Å². The van der Waals surface area contributed by atoms with Crippen LogP contribution in [0.5, 0.6) is 0 Å². The van der Waals surface area contributed by atoms with Gasteiger partial charge in [-0.3, -0.25) is 4.79 Å². The topological polar surface area (TPSA) is 35.5 Å². The molecule has 142 valence electrons. The third kappa shape index (κ3) is 4.17. The maximum absolute atomic E-state index is 12.5. The number of carbonyl (C=O) groups is 1. The maximum Gasteiger partial charge on any atom is 0.494 e. The number of carbonyl (C=O) groups excluding carboxylic acids is 1. The van der Waals surface area contributed by atoms with Crippen LogP contribution in [0.25, 0.3) is 0 Å². The van der Waals surface area contributed by atoms with Gasteiger partial charge < -0.3 is 9.31 Å². The van der Waals surface area contributed by atoms with E-state index in [1.807, 2.05) is 38.1 Å². The summed E-state index contributed by atoms with van der Waals surface area (Å²) in [6.07, 6.45) is 1.25. The SMILES string of the molecule is Cc1ccc(C(=O)CCc2ccc(B3OC(C)(C)C(C)(C)O3)cc2)c(C)c1. The first-order chi connectivity index (χ1) is 12.6. The summed E-state index contributed by atoms with van der Waals surface area (Å²) in [6, 6.07) is 14.2. The Kier molecular flexibility index (Phi) is 5.33. The highest BCUT2D eigenvalue weighted by molar-refractivity contribution is 6.62. The largest absolute Gasteiger partial charge is 0.494 e. The minimum atomic E-state index is -0.346. The van der Waals surface area contributed by atoms with E-state index < -0.39 is 0 Å². The molecule has 1 aliphatic heterocycles. The van der Waals surface area contributed by atoms with Crippen LogP contribution in [0.15, 0.2) is 42.5 Å². The molecule has 4 heteroatoms. The Labute approximate surface area is 163 Å². The fraction of sp³-hybridized carbons (Fsp3) is 0.435. The number of hydrogen-bond donors (Lipinski definition) is 0. The van der Waals surface area contributed by atoms with E-state index in [2.05, 4.69) is 45.9 Å². The minimum Gasteiger partial charge on any atom is -0.399 e. The van der Waals surface area contributed by atoms with E-state index >= 15 is 0 Å². The second-order valence-corrected chi connectivity index (χ2v) is 8.57. The molecular weight excluding hydrogens is 335 g/mol. The van der Waals surface area contributed by atoms with Crippen molar-refractivity contribution in [3.05, 3.63) is 64.7 Å². The zero-order valence-corrected chi connectivity index (χ0v) is 17.3. The monoisotopic (exact) mass is 364 g/mol. The Bertz CT molecular complexity index is 821. The summed E-state index contributed by atoms with van der Waals surface area (Å²) in [5.41, 5.74) is 4.54.